The summed E-state index contributed by atoms with van der Waals surface area (Å²) in [6, 6.07) is 3.20. The second-order valence-corrected chi connectivity index (χ2v) is 11.1. The quantitative estimate of drug-likeness (QED) is 0.522. The molecule has 0 saturated carbocycles. The first kappa shape index (κ1) is 10.4. The topological polar surface area (TPSA) is 0 Å². The summed E-state index contributed by atoms with van der Waals surface area (Å²) >= 11 is 17.8. The Morgan fingerprint density at radius 1 is 1.00 bits per heavy atom. The van der Waals surface area contributed by atoms with Crippen molar-refractivity contribution >= 4 is 44.4 Å². The van der Waals surface area contributed by atoms with Crippen LogP contribution in [0.25, 0.3) is 0 Å². The first-order chi connectivity index (χ1) is 5.43. The highest BCUT2D eigenvalue weighted by molar-refractivity contribution is 7.69. The van der Waals surface area contributed by atoms with Gasteiger partial charge in [0.15, 0.2) is 0 Å². The van der Waals surface area contributed by atoms with E-state index in [2.05, 4.69) is 0 Å². The molecule has 0 saturated heterocycles. The third-order valence-electron chi connectivity index (χ3n) is 1.76. The van der Waals surface area contributed by atoms with Gasteiger partial charge in [-0.2, -0.15) is 0 Å². The van der Waals surface area contributed by atoms with Crippen LogP contribution < -0.4 is 5.19 Å². The third kappa shape index (κ3) is 2.16. The monoisotopic (exact) mass is 238 g/mol. The molecule has 0 unspecified atom stereocenters. The average Bonchev–Trinajstić information content (AvgIpc) is 1.82. The van der Waals surface area contributed by atoms with Gasteiger partial charge in [-0.1, -0.05) is 18.2 Å². The Kier molecular flexibility index (Phi) is 3.10. The van der Waals surface area contributed by atoms with Crippen LogP contribution in [0.2, 0.25) is 0 Å². The minimum Gasteiger partial charge on any atom is -0.121 e. The lowest BCUT2D eigenvalue weighted by molar-refractivity contribution is 1.43. The number of benzene rings is 1. The molecule has 0 nitrogen and oxygen atoms in total. The summed E-state index contributed by atoms with van der Waals surface area (Å²) in [5.74, 6) is 0. The predicted molar refractivity (Wildman–Crippen MR) is 58.9 cm³/mol. The number of hydrogen-bond acceptors (Lipinski definition) is 0. The van der Waals surface area contributed by atoms with E-state index >= 15 is 0 Å². The van der Waals surface area contributed by atoms with Crippen molar-refractivity contribution in [3.05, 3.63) is 29.3 Å². The molecule has 0 amide bonds. The highest BCUT2D eigenvalue weighted by Gasteiger charge is 2.31. The van der Waals surface area contributed by atoms with Gasteiger partial charge in [0.05, 0.1) is 0 Å². The van der Waals surface area contributed by atoms with Crippen LogP contribution in [0.5, 0.6) is 0 Å². The van der Waals surface area contributed by atoms with E-state index in [-0.39, 0.29) is 0 Å². The van der Waals surface area contributed by atoms with Gasteiger partial charge in [0.1, 0.15) is 0 Å². The zero-order valence-electron chi connectivity index (χ0n) is 6.87. The van der Waals surface area contributed by atoms with Crippen molar-refractivity contribution in [3.63, 3.8) is 0 Å². The van der Waals surface area contributed by atoms with Gasteiger partial charge in [-0.3, -0.25) is 0 Å². The van der Waals surface area contributed by atoms with Gasteiger partial charge in [0.2, 0.25) is 0 Å². The Morgan fingerprint density at radius 2 is 1.42 bits per heavy atom. The fraction of sp³-hybridized carbons (Fsp3) is 0.250. The molecule has 66 valence electrons. The average molecular weight is 240 g/mol. The van der Waals surface area contributed by atoms with E-state index in [1.807, 2.05) is 32.0 Å². The summed E-state index contributed by atoms with van der Waals surface area (Å²) in [5, 5.41) is 0.926. The van der Waals surface area contributed by atoms with Crippen LogP contribution in [0.4, 0.5) is 0 Å². The van der Waals surface area contributed by atoms with Crippen LogP contribution in [-0.4, -0.2) is 6.00 Å². The van der Waals surface area contributed by atoms with E-state index in [1.165, 1.54) is 0 Å². The second-order valence-electron chi connectivity index (χ2n) is 2.76. The van der Waals surface area contributed by atoms with Crippen molar-refractivity contribution in [2.24, 2.45) is 0 Å². The Bertz CT molecular complexity index is 271. The lowest BCUT2D eigenvalue weighted by atomic mass is 10.2. The molecule has 0 aliphatic carbocycles. The van der Waals surface area contributed by atoms with E-state index in [1.54, 1.807) is 0 Å². The SMILES string of the molecule is Cc1cccc(C)c1[Si](Cl)(Cl)Cl. The van der Waals surface area contributed by atoms with Gasteiger partial charge in [-0.15, -0.1) is 33.2 Å². The number of halogens is 3. The Hall–Kier alpha value is 0.307. The van der Waals surface area contributed by atoms with Gasteiger partial charge in [-0.05, 0) is 30.2 Å². The van der Waals surface area contributed by atoms with Crippen LogP contribution in [0, 0.1) is 13.8 Å². The molecule has 12 heavy (non-hydrogen) atoms. The van der Waals surface area contributed by atoms with E-state index < -0.39 is 6.00 Å². The van der Waals surface area contributed by atoms with Gasteiger partial charge in [-0.25, -0.2) is 0 Å². The smallest absolute Gasteiger partial charge is 0.121 e. The van der Waals surface area contributed by atoms with Gasteiger partial charge < -0.3 is 0 Å². The summed E-state index contributed by atoms with van der Waals surface area (Å²) in [6.45, 7) is 3.94. The summed E-state index contributed by atoms with van der Waals surface area (Å²) in [5.41, 5.74) is 2.14. The normalized spacial score (nSPS) is 11.8. The maximum Gasteiger partial charge on any atom is 0.373 e. The number of hydrogen-bond donors (Lipinski definition) is 0. The first-order valence-corrected chi connectivity index (χ1v) is 8.60. The molecule has 0 heterocycles. The standard InChI is InChI=1S/C8H9Cl3Si/c1-6-4-3-5-7(2)8(6)12(9,10)11/h3-5H,1-2H3. The molecule has 0 radical (unpaired) electrons. The molecule has 1 rings (SSSR count). The zero-order valence-corrected chi connectivity index (χ0v) is 10.1. The van der Waals surface area contributed by atoms with Crippen LogP contribution in [-0.2, 0) is 0 Å². The van der Waals surface area contributed by atoms with E-state index in [9.17, 15) is 0 Å². The molecular formula is C8H9Cl3Si. The van der Waals surface area contributed by atoms with Gasteiger partial charge >= 0.3 is 6.00 Å². The molecule has 0 N–H and O–H groups in total. The maximum atomic E-state index is 5.94. The zero-order chi connectivity index (χ0) is 9.35. The molecule has 0 spiro atoms. The lowest BCUT2D eigenvalue weighted by Crippen LogP contribution is -2.34. The predicted octanol–water partition coefficient (Wildman–Crippen LogP) is 3.17. The maximum absolute atomic E-state index is 5.94. The van der Waals surface area contributed by atoms with Crippen molar-refractivity contribution in [1.29, 1.82) is 0 Å². The van der Waals surface area contributed by atoms with Crippen molar-refractivity contribution in [2.45, 2.75) is 13.8 Å². The number of rotatable bonds is 1. The molecule has 4 heteroatoms. The fourth-order valence-corrected chi connectivity index (χ4v) is 5.01. The minimum atomic E-state index is -2.71. The van der Waals surface area contributed by atoms with Gasteiger partial charge in [0.25, 0.3) is 0 Å². The second kappa shape index (κ2) is 3.58. The van der Waals surface area contributed by atoms with Gasteiger partial charge in [0, 0.05) is 0 Å². The van der Waals surface area contributed by atoms with Crippen LogP contribution in [0.15, 0.2) is 18.2 Å². The molecule has 1 aromatic carbocycles. The molecule has 0 aliphatic heterocycles. The third-order valence-corrected chi connectivity index (χ3v) is 4.82. The molecule has 0 aromatic heterocycles. The van der Waals surface area contributed by atoms with Crippen molar-refractivity contribution in [1.82, 2.24) is 0 Å². The van der Waals surface area contributed by atoms with Crippen LogP contribution >= 0.6 is 33.2 Å². The molecule has 0 atom stereocenters. The fourth-order valence-electron chi connectivity index (χ4n) is 1.26. The summed E-state index contributed by atoms with van der Waals surface area (Å²) in [6.07, 6.45) is 0. The molecular weight excluding hydrogens is 231 g/mol. The summed E-state index contributed by atoms with van der Waals surface area (Å²) in [7, 11) is 0. The van der Waals surface area contributed by atoms with Crippen molar-refractivity contribution in [2.75, 3.05) is 0 Å². The summed E-state index contributed by atoms with van der Waals surface area (Å²) in [4.78, 5) is 0. The van der Waals surface area contributed by atoms with Crippen LogP contribution in [0.1, 0.15) is 11.1 Å². The first-order valence-electron chi connectivity index (χ1n) is 3.56. The highest BCUT2D eigenvalue weighted by Crippen LogP contribution is 2.22. The Labute approximate surface area is 87.6 Å². The molecule has 0 aliphatic rings. The lowest BCUT2D eigenvalue weighted by Gasteiger charge is -2.14. The minimum absolute atomic E-state index is 0.926. The summed E-state index contributed by atoms with van der Waals surface area (Å²) < 4.78 is 0. The van der Waals surface area contributed by atoms with Crippen LogP contribution in [0.3, 0.4) is 0 Å². The molecule has 1 aromatic rings. The van der Waals surface area contributed by atoms with Crippen molar-refractivity contribution < 1.29 is 0 Å². The van der Waals surface area contributed by atoms with E-state index in [4.69, 9.17) is 33.2 Å². The highest BCUT2D eigenvalue weighted by atomic mass is 35.8. The Balaban J connectivity index is 3.31. The van der Waals surface area contributed by atoms with Crippen molar-refractivity contribution in [3.8, 4) is 0 Å². The van der Waals surface area contributed by atoms with E-state index in [0.717, 1.165) is 16.3 Å². The Morgan fingerprint density at radius 3 is 1.67 bits per heavy atom. The molecule has 0 bridgehead atoms. The number of aryl methyl sites for hydroxylation is 2. The van der Waals surface area contributed by atoms with E-state index in [0.29, 0.717) is 0 Å². The molecule has 0 fully saturated rings. The largest absolute Gasteiger partial charge is 0.373 e.